The molecule has 3 atom stereocenters. The fraction of sp³-hybridized carbons (Fsp3) is 0.361. The lowest BCUT2D eigenvalue weighted by Crippen LogP contribution is -2.46. The number of anilines is 3. The predicted molar refractivity (Wildman–Crippen MR) is 201 cm³/mol. The van der Waals surface area contributed by atoms with Crippen LogP contribution in [0.2, 0.25) is 5.02 Å². The number of hydrogen-bond donors (Lipinski definition) is 2. The van der Waals surface area contributed by atoms with Crippen LogP contribution in [0.25, 0.3) is 0 Å². The van der Waals surface area contributed by atoms with Crippen molar-refractivity contribution in [2.24, 2.45) is 0 Å². The molecule has 0 bridgehead atoms. The van der Waals surface area contributed by atoms with Gasteiger partial charge in [0.05, 0.1) is 36.5 Å². The normalized spacial score (nSPS) is 19.8. The number of halogens is 2. The molecule has 3 aromatic carbocycles. The first-order valence-corrected chi connectivity index (χ1v) is 17.9. The summed E-state index contributed by atoms with van der Waals surface area (Å²) in [6.07, 6.45) is 6.94. The second-order valence-corrected chi connectivity index (χ2v) is 13.9. The van der Waals surface area contributed by atoms with Crippen LogP contribution < -0.4 is 24.8 Å². The molecule has 2 amide bonds. The summed E-state index contributed by atoms with van der Waals surface area (Å²) in [7, 11) is 0. The topological polar surface area (TPSA) is 108 Å². The largest absolute Gasteiger partial charge is 0.491 e. The van der Waals surface area contributed by atoms with Gasteiger partial charge in [-0.05, 0) is 96.6 Å². The van der Waals surface area contributed by atoms with E-state index in [0.29, 0.717) is 30.5 Å². The highest BCUT2D eigenvalue weighted by Gasteiger charge is 2.45. The average molecular weight is 798 g/mol. The summed E-state index contributed by atoms with van der Waals surface area (Å²) in [6, 6.07) is 21.6. The number of carbonyl (C=O) groups excluding carboxylic acids is 1. The van der Waals surface area contributed by atoms with Crippen molar-refractivity contribution in [3.05, 3.63) is 99.6 Å². The summed E-state index contributed by atoms with van der Waals surface area (Å²) >= 11 is 8.92. The van der Waals surface area contributed by atoms with Crippen LogP contribution in [-0.4, -0.2) is 73.5 Å². The molecule has 6 rings (SSSR count). The van der Waals surface area contributed by atoms with Crippen molar-refractivity contribution in [3.63, 3.8) is 0 Å². The maximum atomic E-state index is 12.6. The van der Waals surface area contributed by atoms with Gasteiger partial charge in [-0.1, -0.05) is 24.6 Å². The molecular weight excluding hydrogens is 757 g/mol. The quantitative estimate of drug-likeness (QED) is 0.0930. The number of urea groups is 1. The van der Waals surface area contributed by atoms with Crippen LogP contribution in [0, 0.1) is 8.98 Å². The minimum atomic E-state index is -1.05. The monoisotopic (exact) mass is 797 g/mol. The molecule has 1 aromatic heterocycles. The Labute approximate surface area is 305 Å². The zero-order valence-electron chi connectivity index (χ0n) is 27.6. The summed E-state index contributed by atoms with van der Waals surface area (Å²) < 4.78 is 22.0. The summed E-state index contributed by atoms with van der Waals surface area (Å²) in [4.78, 5) is 22.8. The molecule has 0 saturated carbocycles. The fourth-order valence-electron chi connectivity index (χ4n) is 6.00. The molecule has 2 fully saturated rings. The Bertz CT molecular complexity index is 1700. The van der Waals surface area contributed by atoms with Crippen molar-refractivity contribution < 1.29 is 19.0 Å². The van der Waals surface area contributed by atoms with E-state index in [1.165, 1.54) is 4.90 Å². The molecular formula is C36H41ClIN7O4. The summed E-state index contributed by atoms with van der Waals surface area (Å²) in [5, 5.41) is 11.3. The lowest BCUT2D eigenvalue weighted by Gasteiger charge is -2.37. The van der Waals surface area contributed by atoms with Gasteiger partial charge in [0.1, 0.15) is 18.5 Å². The van der Waals surface area contributed by atoms with Gasteiger partial charge in [-0.15, -0.1) is 0 Å². The van der Waals surface area contributed by atoms with Crippen LogP contribution in [0.5, 0.6) is 5.75 Å². The SMILES string of the molecule is CCC(C)NC(=O)N(C=N)c1ccc(N2CCN(c3ccc(OCC4COC(Cn5ccnc5)(c5ccc(I)cc5Cl)O4)cc3)CC2)cc1. The van der Waals surface area contributed by atoms with Gasteiger partial charge in [0.2, 0.25) is 5.79 Å². The second kappa shape index (κ2) is 15.8. The first kappa shape index (κ1) is 35.0. The maximum absolute atomic E-state index is 12.6. The lowest BCUT2D eigenvalue weighted by atomic mass is 10.1. The Balaban J connectivity index is 1.01. The van der Waals surface area contributed by atoms with Gasteiger partial charge in [0.15, 0.2) is 0 Å². The van der Waals surface area contributed by atoms with E-state index in [4.69, 9.17) is 31.2 Å². The number of hydrogen-bond acceptors (Lipinski definition) is 8. The Hall–Kier alpha value is -3.85. The Morgan fingerprint density at radius 3 is 2.39 bits per heavy atom. The Morgan fingerprint density at radius 2 is 1.80 bits per heavy atom. The van der Waals surface area contributed by atoms with Crippen molar-refractivity contribution in [1.82, 2.24) is 14.9 Å². The highest BCUT2D eigenvalue weighted by atomic mass is 127. The Kier molecular flexibility index (Phi) is 11.3. The van der Waals surface area contributed by atoms with E-state index in [-0.39, 0.29) is 18.2 Å². The van der Waals surface area contributed by atoms with Crippen LogP contribution >= 0.6 is 34.2 Å². The maximum Gasteiger partial charge on any atom is 0.327 e. The molecule has 2 N–H and O–H groups in total. The van der Waals surface area contributed by atoms with Crippen molar-refractivity contribution >= 4 is 63.6 Å². The first-order chi connectivity index (χ1) is 23.8. The second-order valence-electron chi connectivity index (χ2n) is 12.2. The van der Waals surface area contributed by atoms with Crippen molar-refractivity contribution in [3.8, 4) is 5.75 Å². The van der Waals surface area contributed by atoms with Gasteiger partial charge in [-0.3, -0.25) is 10.3 Å². The number of amides is 2. The number of aromatic nitrogens is 2. The number of imidazole rings is 1. The number of piperazine rings is 1. The third-order valence-corrected chi connectivity index (χ3v) is 9.88. The minimum absolute atomic E-state index is 0.0425. The van der Waals surface area contributed by atoms with E-state index in [2.05, 4.69) is 54.8 Å². The Morgan fingerprint density at radius 1 is 1.12 bits per heavy atom. The molecule has 258 valence electrons. The number of nitrogens with zero attached hydrogens (tertiary/aromatic N) is 5. The average Bonchev–Trinajstić information content (AvgIpc) is 3.79. The smallest absolute Gasteiger partial charge is 0.327 e. The van der Waals surface area contributed by atoms with Gasteiger partial charge >= 0.3 is 6.03 Å². The molecule has 0 radical (unpaired) electrons. The standard InChI is InChI=1S/C36H41ClIN7O4/c1-3-26(2)41-35(46)45(24-39)30-7-5-28(6-8-30)43-16-18-44(19-17-43)29-9-11-31(12-10-29)47-21-32-22-48-36(49-32,23-42-15-14-40-25-42)33-13-4-27(38)20-34(33)37/h4-15,20,24-26,32,39H,3,16-19,21-23H2,1-2H3,(H,41,46). The molecule has 2 saturated heterocycles. The molecule has 2 aliphatic heterocycles. The highest BCUT2D eigenvalue weighted by Crippen LogP contribution is 2.40. The molecule has 0 spiro atoms. The molecule has 4 aromatic rings. The van der Waals surface area contributed by atoms with E-state index in [9.17, 15) is 4.79 Å². The van der Waals surface area contributed by atoms with Crippen LogP contribution in [0.3, 0.4) is 0 Å². The zero-order chi connectivity index (χ0) is 34.4. The van der Waals surface area contributed by atoms with E-state index in [1.807, 2.05) is 79.2 Å². The van der Waals surface area contributed by atoms with Gasteiger partial charge in [-0.25, -0.2) is 9.78 Å². The minimum Gasteiger partial charge on any atom is -0.491 e. The third kappa shape index (κ3) is 8.31. The van der Waals surface area contributed by atoms with Crippen LogP contribution in [-0.2, 0) is 21.8 Å². The number of nitrogens with one attached hydrogen (secondary N) is 2. The lowest BCUT2D eigenvalue weighted by molar-refractivity contribution is -0.189. The highest BCUT2D eigenvalue weighted by molar-refractivity contribution is 14.1. The van der Waals surface area contributed by atoms with Crippen molar-refractivity contribution in [2.45, 2.75) is 44.7 Å². The summed E-state index contributed by atoms with van der Waals surface area (Å²) in [5.41, 5.74) is 3.68. The van der Waals surface area contributed by atoms with E-state index >= 15 is 0 Å². The van der Waals surface area contributed by atoms with Crippen LogP contribution in [0.15, 0.2) is 85.5 Å². The first-order valence-electron chi connectivity index (χ1n) is 16.4. The molecule has 49 heavy (non-hydrogen) atoms. The number of carbonyl (C=O) groups is 1. The third-order valence-electron chi connectivity index (χ3n) is 8.89. The number of ether oxygens (including phenoxy) is 3. The fourth-order valence-corrected chi connectivity index (χ4v) is 7.00. The molecule has 13 heteroatoms. The van der Waals surface area contributed by atoms with Gasteiger partial charge in [0.25, 0.3) is 0 Å². The molecule has 11 nitrogen and oxygen atoms in total. The van der Waals surface area contributed by atoms with Crippen molar-refractivity contribution in [1.29, 1.82) is 5.41 Å². The zero-order valence-corrected chi connectivity index (χ0v) is 30.5. The molecule has 3 heterocycles. The molecule has 0 aliphatic carbocycles. The van der Waals surface area contributed by atoms with Crippen LogP contribution in [0.1, 0.15) is 25.8 Å². The summed E-state index contributed by atoms with van der Waals surface area (Å²) in [5.74, 6) is -0.281. The van der Waals surface area contributed by atoms with Gasteiger partial charge in [0, 0.05) is 65.1 Å². The number of benzene rings is 3. The molecule has 3 unspecified atom stereocenters. The predicted octanol–water partition coefficient (Wildman–Crippen LogP) is 6.74. The van der Waals surface area contributed by atoms with E-state index in [0.717, 1.165) is 65.2 Å². The summed E-state index contributed by atoms with van der Waals surface area (Å²) in [6.45, 7) is 8.57. The van der Waals surface area contributed by atoms with Gasteiger partial charge in [-0.2, -0.15) is 0 Å². The van der Waals surface area contributed by atoms with Crippen molar-refractivity contribution in [2.75, 3.05) is 54.1 Å². The van der Waals surface area contributed by atoms with E-state index in [1.54, 1.807) is 12.5 Å². The molecule has 2 aliphatic rings. The van der Waals surface area contributed by atoms with Gasteiger partial charge < -0.3 is 33.9 Å². The number of rotatable bonds is 12. The van der Waals surface area contributed by atoms with E-state index < -0.39 is 5.79 Å². The van der Waals surface area contributed by atoms with Crippen LogP contribution in [0.4, 0.5) is 21.9 Å².